The Morgan fingerprint density at radius 1 is 1.21 bits per heavy atom. The van der Waals surface area contributed by atoms with E-state index in [2.05, 4.69) is 21.4 Å². The van der Waals surface area contributed by atoms with E-state index < -0.39 is 0 Å². The van der Waals surface area contributed by atoms with E-state index in [4.69, 9.17) is 11.6 Å². The zero-order valence-corrected chi connectivity index (χ0v) is 18.6. The van der Waals surface area contributed by atoms with Gasteiger partial charge in [-0.1, -0.05) is 23.7 Å². The molecule has 3 rings (SSSR count). The Kier molecular flexibility index (Phi) is 6.91. The molecular formula is C21H19ClN4OS2. The van der Waals surface area contributed by atoms with Gasteiger partial charge in [0.15, 0.2) is 5.13 Å². The zero-order valence-electron chi connectivity index (χ0n) is 16.2. The number of rotatable bonds is 6. The molecule has 0 aliphatic heterocycles. The van der Waals surface area contributed by atoms with E-state index in [0.717, 1.165) is 28.1 Å². The Labute approximate surface area is 183 Å². The second-order valence-electron chi connectivity index (χ2n) is 6.43. The van der Waals surface area contributed by atoms with E-state index in [0.29, 0.717) is 32.9 Å². The van der Waals surface area contributed by atoms with Gasteiger partial charge in [0, 0.05) is 33.8 Å². The standard InChI is InChI=1S/C21H19ClN4OS2/c1-12-13(2)17(10-23)20(24-14(12)3)28-9-8-19(27)26-21-25-18(11-29-21)15-4-6-16(22)7-5-15/h4-7,11H,8-9H2,1-3H3,(H,25,26,27). The molecule has 1 N–H and O–H groups in total. The van der Waals surface area contributed by atoms with Crippen molar-refractivity contribution in [1.82, 2.24) is 9.97 Å². The molecule has 0 unspecified atom stereocenters. The SMILES string of the molecule is Cc1nc(SCCC(=O)Nc2nc(-c3ccc(Cl)cc3)cs2)c(C#N)c(C)c1C. The predicted molar refractivity (Wildman–Crippen MR) is 120 cm³/mol. The van der Waals surface area contributed by atoms with Crippen LogP contribution in [0.5, 0.6) is 0 Å². The Morgan fingerprint density at radius 2 is 1.93 bits per heavy atom. The molecule has 8 heteroatoms. The molecule has 0 aliphatic rings. The maximum atomic E-state index is 12.3. The van der Waals surface area contributed by atoms with Crippen molar-refractivity contribution in [2.24, 2.45) is 0 Å². The third-order valence-corrected chi connectivity index (χ3v) is 6.52. The van der Waals surface area contributed by atoms with Crippen LogP contribution in [0.1, 0.15) is 28.8 Å². The fourth-order valence-electron chi connectivity index (χ4n) is 2.65. The first-order chi connectivity index (χ1) is 13.9. The van der Waals surface area contributed by atoms with E-state index >= 15 is 0 Å². The van der Waals surface area contributed by atoms with Gasteiger partial charge in [-0.25, -0.2) is 9.97 Å². The van der Waals surface area contributed by atoms with Crippen LogP contribution in [0.25, 0.3) is 11.3 Å². The maximum absolute atomic E-state index is 12.3. The number of nitrogens with zero attached hydrogens (tertiary/aromatic N) is 3. The Balaban J connectivity index is 1.58. The number of nitriles is 1. The molecule has 29 heavy (non-hydrogen) atoms. The Hall–Kier alpha value is -2.40. The molecule has 3 aromatic rings. The first-order valence-corrected chi connectivity index (χ1v) is 11.2. The van der Waals surface area contributed by atoms with Crippen molar-refractivity contribution >= 4 is 45.7 Å². The van der Waals surface area contributed by atoms with E-state index in [-0.39, 0.29) is 5.91 Å². The van der Waals surface area contributed by atoms with E-state index in [9.17, 15) is 10.1 Å². The highest BCUT2D eigenvalue weighted by Gasteiger charge is 2.14. The topological polar surface area (TPSA) is 78.7 Å². The van der Waals surface area contributed by atoms with Gasteiger partial charge in [0.2, 0.25) is 5.91 Å². The summed E-state index contributed by atoms with van der Waals surface area (Å²) in [6, 6.07) is 9.64. The highest BCUT2D eigenvalue weighted by atomic mass is 35.5. The van der Waals surface area contributed by atoms with Crippen molar-refractivity contribution in [1.29, 1.82) is 5.26 Å². The lowest BCUT2D eigenvalue weighted by Gasteiger charge is -2.10. The van der Waals surface area contributed by atoms with Crippen LogP contribution in [0.2, 0.25) is 5.02 Å². The highest BCUT2D eigenvalue weighted by Crippen LogP contribution is 2.28. The van der Waals surface area contributed by atoms with Crippen molar-refractivity contribution in [3.63, 3.8) is 0 Å². The number of aromatic nitrogens is 2. The minimum absolute atomic E-state index is 0.117. The monoisotopic (exact) mass is 442 g/mol. The number of thioether (sulfide) groups is 1. The summed E-state index contributed by atoms with van der Waals surface area (Å²) in [5, 5.41) is 16.1. The molecule has 2 aromatic heterocycles. The molecule has 0 fully saturated rings. The number of carbonyl (C=O) groups excluding carboxylic acids is 1. The molecule has 0 spiro atoms. The van der Waals surface area contributed by atoms with Crippen LogP contribution in [0, 0.1) is 32.1 Å². The summed E-state index contributed by atoms with van der Waals surface area (Å²) in [6.45, 7) is 5.83. The first kappa shape index (κ1) is 21.3. The van der Waals surface area contributed by atoms with Gasteiger partial charge in [-0.05, 0) is 44.0 Å². The van der Waals surface area contributed by atoms with Crippen LogP contribution in [-0.2, 0) is 4.79 Å². The van der Waals surface area contributed by atoms with E-state index in [1.54, 1.807) is 0 Å². The second-order valence-corrected chi connectivity index (χ2v) is 8.81. The summed E-state index contributed by atoms with van der Waals surface area (Å²) >= 11 is 8.72. The van der Waals surface area contributed by atoms with Gasteiger partial charge in [-0.3, -0.25) is 4.79 Å². The van der Waals surface area contributed by atoms with Gasteiger partial charge in [-0.15, -0.1) is 23.1 Å². The number of anilines is 1. The lowest BCUT2D eigenvalue weighted by Crippen LogP contribution is -2.12. The lowest BCUT2D eigenvalue weighted by molar-refractivity contribution is -0.115. The summed E-state index contributed by atoms with van der Waals surface area (Å²) in [7, 11) is 0. The number of aryl methyl sites for hydroxylation is 1. The van der Waals surface area contributed by atoms with E-state index in [1.165, 1.54) is 23.1 Å². The van der Waals surface area contributed by atoms with Gasteiger partial charge in [0.05, 0.1) is 11.3 Å². The number of carbonyl (C=O) groups is 1. The molecule has 0 saturated carbocycles. The molecule has 0 aliphatic carbocycles. The quantitative estimate of drug-likeness (QED) is 0.489. The fraction of sp³-hybridized carbons (Fsp3) is 0.238. The van der Waals surface area contributed by atoms with Crippen molar-refractivity contribution in [3.8, 4) is 17.3 Å². The third kappa shape index (κ3) is 5.15. The second kappa shape index (κ2) is 9.40. The van der Waals surface area contributed by atoms with Gasteiger partial charge in [0.1, 0.15) is 11.1 Å². The molecule has 1 amide bonds. The van der Waals surface area contributed by atoms with Gasteiger partial charge < -0.3 is 5.32 Å². The van der Waals surface area contributed by atoms with Gasteiger partial charge in [0.25, 0.3) is 0 Å². The molecule has 2 heterocycles. The van der Waals surface area contributed by atoms with Crippen LogP contribution in [0.3, 0.4) is 0 Å². The minimum Gasteiger partial charge on any atom is -0.302 e. The number of thiazole rings is 1. The first-order valence-electron chi connectivity index (χ1n) is 8.91. The molecule has 0 bridgehead atoms. The van der Waals surface area contributed by atoms with Crippen LogP contribution in [0.15, 0.2) is 34.7 Å². The molecule has 0 radical (unpaired) electrons. The van der Waals surface area contributed by atoms with Crippen molar-refractivity contribution in [2.45, 2.75) is 32.2 Å². The molecule has 5 nitrogen and oxygen atoms in total. The van der Waals surface area contributed by atoms with Gasteiger partial charge in [-0.2, -0.15) is 5.26 Å². The van der Waals surface area contributed by atoms with Crippen LogP contribution < -0.4 is 5.32 Å². The van der Waals surface area contributed by atoms with Crippen molar-refractivity contribution in [3.05, 3.63) is 57.1 Å². The number of benzene rings is 1. The summed E-state index contributed by atoms with van der Waals surface area (Å²) in [5.41, 5.74) is 5.22. The molecule has 148 valence electrons. The molecule has 1 aromatic carbocycles. The lowest BCUT2D eigenvalue weighted by atomic mass is 10.1. The van der Waals surface area contributed by atoms with Crippen LogP contribution in [0.4, 0.5) is 5.13 Å². The number of pyridine rings is 1. The molecular weight excluding hydrogens is 424 g/mol. The number of halogens is 1. The van der Waals surface area contributed by atoms with Crippen LogP contribution >= 0.6 is 34.7 Å². The maximum Gasteiger partial charge on any atom is 0.226 e. The number of hydrogen-bond donors (Lipinski definition) is 1. The summed E-state index contributed by atoms with van der Waals surface area (Å²) in [4.78, 5) is 21.3. The zero-order chi connectivity index (χ0) is 21.0. The minimum atomic E-state index is -0.117. The summed E-state index contributed by atoms with van der Waals surface area (Å²) in [6.07, 6.45) is 0.305. The Bertz CT molecular complexity index is 1090. The number of amides is 1. The fourth-order valence-corrected chi connectivity index (χ4v) is 4.54. The average molecular weight is 443 g/mol. The van der Waals surface area contributed by atoms with E-state index in [1.807, 2.05) is 50.4 Å². The Morgan fingerprint density at radius 3 is 2.62 bits per heavy atom. The normalized spacial score (nSPS) is 10.6. The number of hydrogen-bond acceptors (Lipinski definition) is 6. The molecule has 0 saturated heterocycles. The smallest absolute Gasteiger partial charge is 0.226 e. The van der Waals surface area contributed by atoms with Gasteiger partial charge >= 0.3 is 0 Å². The number of nitrogens with one attached hydrogen (secondary N) is 1. The van der Waals surface area contributed by atoms with Crippen molar-refractivity contribution < 1.29 is 4.79 Å². The average Bonchev–Trinajstić information content (AvgIpc) is 3.15. The van der Waals surface area contributed by atoms with Crippen LogP contribution in [-0.4, -0.2) is 21.6 Å². The summed E-state index contributed by atoms with van der Waals surface area (Å²) in [5.74, 6) is 0.416. The molecule has 0 atom stereocenters. The van der Waals surface area contributed by atoms with Crippen molar-refractivity contribution in [2.75, 3.05) is 11.1 Å². The largest absolute Gasteiger partial charge is 0.302 e. The third-order valence-electron chi connectivity index (χ3n) is 4.53. The highest BCUT2D eigenvalue weighted by molar-refractivity contribution is 7.99. The predicted octanol–water partition coefficient (Wildman–Crippen LogP) is 5.78. The summed E-state index contributed by atoms with van der Waals surface area (Å²) < 4.78 is 0.